The van der Waals surface area contributed by atoms with Crippen molar-refractivity contribution >= 4 is 0 Å². The molecular weight excluding hydrogens is 186 g/mol. The standard InChI is InChI=1S/C13H18NO/c1-14-8-4-6-12(14)9-11-5-3-7-13(10-11)15-2/h3,5,7,10,12H,1,4,6,8-9H2,2H3/q-1. The van der Waals surface area contributed by atoms with Gasteiger partial charge >= 0.3 is 0 Å². The summed E-state index contributed by atoms with van der Waals surface area (Å²) in [5.41, 5.74) is 1.34. The van der Waals surface area contributed by atoms with Crippen molar-refractivity contribution in [2.45, 2.75) is 25.3 Å². The van der Waals surface area contributed by atoms with Gasteiger partial charge in [-0.2, -0.15) is 0 Å². The average molecular weight is 204 g/mol. The first-order chi connectivity index (χ1) is 7.29. The Bertz CT molecular complexity index is 324. The number of nitrogens with zero attached hydrogens (tertiary/aromatic N) is 1. The molecule has 0 spiro atoms. The Hall–Kier alpha value is -1.02. The maximum Gasteiger partial charge on any atom is 0.119 e. The zero-order valence-corrected chi connectivity index (χ0v) is 9.28. The van der Waals surface area contributed by atoms with E-state index < -0.39 is 0 Å². The minimum absolute atomic E-state index is 0.608. The quantitative estimate of drug-likeness (QED) is 0.701. The van der Waals surface area contributed by atoms with Crippen LogP contribution in [0.1, 0.15) is 18.4 Å². The van der Waals surface area contributed by atoms with Gasteiger partial charge in [0.05, 0.1) is 7.11 Å². The highest BCUT2D eigenvalue weighted by atomic mass is 16.5. The topological polar surface area (TPSA) is 12.5 Å². The van der Waals surface area contributed by atoms with E-state index >= 15 is 0 Å². The van der Waals surface area contributed by atoms with Gasteiger partial charge in [-0.15, -0.1) is 0 Å². The summed E-state index contributed by atoms with van der Waals surface area (Å²) in [7, 11) is 5.77. The number of likely N-dealkylation sites (tertiary alicyclic amines) is 1. The summed E-state index contributed by atoms with van der Waals surface area (Å²) in [4.78, 5) is 2.21. The van der Waals surface area contributed by atoms with E-state index in [4.69, 9.17) is 4.74 Å². The van der Waals surface area contributed by atoms with Crippen molar-refractivity contribution < 1.29 is 4.74 Å². The molecule has 0 saturated carbocycles. The van der Waals surface area contributed by atoms with E-state index in [1.807, 2.05) is 6.07 Å². The molecule has 0 aliphatic carbocycles. The maximum absolute atomic E-state index is 5.22. The van der Waals surface area contributed by atoms with Gasteiger partial charge < -0.3 is 9.64 Å². The monoisotopic (exact) mass is 204 g/mol. The average Bonchev–Trinajstić information content (AvgIpc) is 2.65. The molecule has 0 bridgehead atoms. The molecule has 1 aromatic rings. The zero-order valence-electron chi connectivity index (χ0n) is 9.28. The minimum Gasteiger partial charge on any atom is -0.497 e. The molecule has 1 saturated heterocycles. The predicted octanol–water partition coefficient (Wildman–Crippen LogP) is 2.49. The predicted molar refractivity (Wildman–Crippen MR) is 61.8 cm³/mol. The second kappa shape index (κ2) is 4.67. The lowest BCUT2D eigenvalue weighted by molar-refractivity contribution is 0.342. The molecule has 2 nitrogen and oxygen atoms in total. The number of benzene rings is 1. The maximum atomic E-state index is 5.22. The van der Waals surface area contributed by atoms with E-state index in [2.05, 4.69) is 30.1 Å². The fourth-order valence-electron chi connectivity index (χ4n) is 2.20. The number of rotatable bonds is 3. The highest BCUT2D eigenvalue weighted by Crippen LogP contribution is 2.21. The van der Waals surface area contributed by atoms with Crippen LogP contribution in [0.5, 0.6) is 5.75 Å². The molecule has 1 heterocycles. The number of hydrogen-bond acceptors (Lipinski definition) is 2. The van der Waals surface area contributed by atoms with Crippen LogP contribution >= 0.6 is 0 Å². The second-order valence-electron chi connectivity index (χ2n) is 4.16. The molecule has 1 unspecified atom stereocenters. The van der Waals surface area contributed by atoms with E-state index in [-0.39, 0.29) is 0 Å². The van der Waals surface area contributed by atoms with Crippen LogP contribution < -0.4 is 4.74 Å². The summed E-state index contributed by atoms with van der Waals surface area (Å²) in [6.07, 6.45) is 3.62. The molecule has 1 aromatic carbocycles. The van der Waals surface area contributed by atoms with Crippen molar-refractivity contribution in [3.8, 4) is 5.75 Å². The third-order valence-electron chi connectivity index (χ3n) is 3.10. The van der Waals surface area contributed by atoms with Crippen LogP contribution in [0.3, 0.4) is 0 Å². The third-order valence-corrected chi connectivity index (χ3v) is 3.10. The molecule has 1 atom stereocenters. The fraction of sp³-hybridized carbons (Fsp3) is 0.462. The van der Waals surface area contributed by atoms with Gasteiger partial charge in [0.1, 0.15) is 5.75 Å². The summed E-state index contributed by atoms with van der Waals surface area (Å²) >= 11 is 0. The van der Waals surface area contributed by atoms with Gasteiger partial charge in [-0.05, 0) is 49.5 Å². The highest BCUT2D eigenvalue weighted by molar-refractivity contribution is 5.29. The highest BCUT2D eigenvalue weighted by Gasteiger charge is 2.16. The van der Waals surface area contributed by atoms with E-state index in [1.165, 1.54) is 18.4 Å². The lowest BCUT2D eigenvalue weighted by Crippen LogP contribution is -2.24. The number of ether oxygens (including phenoxy) is 1. The van der Waals surface area contributed by atoms with Gasteiger partial charge in [0.25, 0.3) is 0 Å². The molecule has 1 aliphatic rings. The van der Waals surface area contributed by atoms with Crippen molar-refractivity contribution in [1.29, 1.82) is 0 Å². The Morgan fingerprint density at radius 1 is 1.53 bits per heavy atom. The van der Waals surface area contributed by atoms with Crippen molar-refractivity contribution in [2.24, 2.45) is 0 Å². The van der Waals surface area contributed by atoms with Crippen LogP contribution in [0.4, 0.5) is 0 Å². The van der Waals surface area contributed by atoms with Crippen molar-refractivity contribution in [3.05, 3.63) is 36.9 Å². The first-order valence-electron chi connectivity index (χ1n) is 5.49. The van der Waals surface area contributed by atoms with E-state index in [0.717, 1.165) is 18.7 Å². The molecule has 2 rings (SSSR count). The summed E-state index contributed by atoms with van der Waals surface area (Å²) in [6.45, 7) is 1.13. The Morgan fingerprint density at radius 3 is 3.07 bits per heavy atom. The van der Waals surface area contributed by atoms with E-state index in [1.54, 1.807) is 7.11 Å². The van der Waals surface area contributed by atoms with Crippen molar-refractivity contribution in [2.75, 3.05) is 13.7 Å². The lowest BCUT2D eigenvalue weighted by atomic mass is 10.0. The van der Waals surface area contributed by atoms with Gasteiger partial charge in [-0.3, -0.25) is 7.05 Å². The van der Waals surface area contributed by atoms with Gasteiger partial charge in [-0.1, -0.05) is 12.1 Å². The number of methoxy groups -OCH3 is 1. The summed E-state index contributed by atoms with van der Waals surface area (Å²) in [6, 6.07) is 8.93. The molecule has 1 aliphatic heterocycles. The molecule has 0 amide bonds. The molecular formula is C13H18NO-. The molecule has 15 heavy (non-hydrogen) atoms. The zero-order chi connectivity index (χ0) is 10.7. The Kier molecular flexibility index (Phi) is 3.27. The largest absolute Gasteiger partial charge is 0.497 e. The number of hydrogen-bond donors (Lipinski definition) is 0. The van der Waals surface area contributed by atoms with Crippen LogP contribution in [0.15, 0.2) is 24.3 Å². The summed E-state index contributed by atoms with van der Waals surface area (Å²) in [5.74, 6) is 0.945. The Balaban J connectivity index is 2.03. The van der Waals surface area contributed by atoms with E-state index in [0.29, 0.717) is 6.04 Å². The molecule has 1 fully saturated rings. The third kappa shape index (κ3) is 2.51. The lowest BCUT2D eigenvalue weighted by Gasteiger charge is -2.27. The Morgan fingerprint density at radius 2 is 2.40 bits per heavy atom. The molecule has 0 radical (unpaired) electrons. The molecule has 0 aromatic heterocycles. The first-order valence-corrected chi connectivity index (χ1v) is 5.49. The SMILES string of the molecule is [CH2-]N1CCCC1Cc1cccc(OC)c1. The van der Waals surface area contributed by atoms with Crippen LogP contribution in [0.25, 0.3) is 0 Å². The van der Waals surface area contributed by atoms with Gasteiger partial charge in [-0.25, -0.2) is 0 Å². The van der Waals surface area contributed by atoms with Gasteiger partial charge in [0, 0.05) is 0 Å². The van der Waals surface area contributed by atoms with Crippen molar-refractivity contribution in [3.63, 3.8) is 0 Å². The van der Waals surface area contributed by atoms with Gasteiger partial charge in [0.2, 0.25) is 0 Å². The van der Waals surface area contributed by atoms with Gasteiger partial charge in [0.15, 0.2) is 0 Å². The van der Waals surface area contributed by atoms with Crippen LogP contribution in [-0.4, -0.2) is 24.6 Å². The fourth-order valence-corrected chi connectivity index (χ4v) is 2.20. The first kappa shape index (κ1) is 10.5. The van der Waals surface area contributed by atoms with E-state index in [9.17, 15) is 0 Å². The Labute approximate surface area is 91.9 Å². The molecule has 82 valence electrons. The normalized spacial score (nSPS) is 21.9. The minimum atomic E-state index is 0.608. The summed E-state index contributed by atoms with van der Waals surface area (Å²) < 4.78 is 5.22. The van der Waals surface area contributed by atoms with Crippen LogP contribution in [0.2, 0.25) is 0 Å². The van der Waals surface area contributed by atoms with Crippen molar-refractivity contribution in [1.82, 2.24) is 4.90 Å². The summed E-state index contributed by atoms with van der Waals surface area (Å²) in [5, 5.41) is 0. The van der Waals surface area contributed by atoms with Crippen LogP contribution in [0, 0.1) is 7.05 Å². The molecule has 2 heteroatoms. The molecule has 0 N–H and O–H groups in total. The van der Waals surface area contributed by atoms with Crippen LogP contribution in [-0.2, 0) is 6.42 Å². The smallest absolute Gasteiger partial charge is 0.119 e. The second-order valence-corrected chi connectivity index (χ2v) is 4.16.